The van der Waals surface area contributed by atoms with Gasteiger partial charge >= 0.3 is 0 Å². The SMILES string of the molecule is CCc1cc(N(c2cc(C(C)(C)C)cc(C(C)(C)C)c2)c2cc3c4ccccc4c(N(c4cc(CC)c(C)c(CC)c4)c4ccc(C(C)(C)C)c(C(C)(C)C)c4)cc3c3ccccc23)cc(CC)c1C. The van der Waals surface area contributed by atoms with Gasteiger partial charge in [0.05, 0.1) is 11.4 Å². The number of aryl methyl sites for hydroxylation is 4. The lowest BCUT2D eigenvalue weighted by molar-refractivity contribution is 0.530. The van der Waals surface area contributed by atoms with E-state index in [0.717, 1.165) is 25.7 Å². The summed E-state index contributed by atoms with van der Waals surface area (Å²) in [6.45, 7) is 42.1. The molecule has 0 atom stereocenters. The predicted molar refractivity (Wildman–Crippen MR) is 310 cm³/mol. The standard InChI is InChI=1S/C68H82N2/c1-19-45-33-52(34-46(20-2)43(45)5)69(51-31-32-61(67(13,14)15)62(40-51)68(16,17)18)63-41-59-56-28-24-26-30-58(56)64(42-60(59)55-27-23-25-29-57(55)63)70(53-35-47(21-3)44(6)48(22-4)36-53)54-38-49(65(7,8)9)37-50(39-54)66(10,11)12/h23-42H,19-22H2,1-18H3. The summed E-state index contributed by atoms with van der Waals surface area (Å²) >= 11 is 0. The predicted octanol–water partition coefficient (Wildman–Crippen LogP) is 20.1. The quantitative estimate of drug-likeness (QED) is 0.126. The van der Waals surface area contributed by atoms with Gasteiger partial charge in [-0.25, -0.2) is 0 Å². The van der Waals surface area contributed by atoms with Crippen LogP contribution in [-0.4, -0.2) is 0 Å². The number of nitrogens with zero attached hydrogens (tertiary/aromatic N) is 2. The van der Waals surface area contributed by atoms with Crippen molar-refractivity contribution in [3.05, 3.63) is 177 Å². The zero-order valence-corrected chi connectivity index (χ0v) is 46.3. The summed E-state index contributed by atoms with van der Waals surface area (Å²) in [5, 5.41) is 7.48. The van der Waals surface area contributed by atoms with Crippen LogP contribution in [0.25, 0.3) is 32.3 Å². The van der Waals surface area contributed by atoms with Crippen molar-refractivity contribution in [2.45, 2.75) is 172 Å². The molecular formula is C68H82N2. The lowest BCUT2D eigenvalue weighted by Gasteiger charge is -2.34. The highest BCUT2D eigenvalue weighted by atomic mass is 15.2. The number of anilines is 6. The fraction of sp³-hybridized carbons (Fsp3) is 0.382. The van der Waals surface area contributed by atoms with Gasteiger partial charge in [0.25, 0.3) is 0 Å². The smallest absolute Gasteiger partial charge is 0.0546 e. The maximum absolute atomic E-state index is 2.61. The fourth-order valence-corrected chi connectivity index (χ4v) is 11.1. The summed E-state index contributed by atoms with van der Waals surface area (Å²) in [6.07, 6.45) is 3.93. The summed E-state index contributed by atoms with van der Waals surface area (Å²) in [5.74, 6) is 0. The summed E-state index contributed by atoms with van der Waals surface area (Å²) in [6, 6.07) is 48.0. The van der Waals surface area contributed by atoms with Gasteiger partial charge in [-0.3, -0.25) is 0 Å². The van der Waals surface area contributed by atoms with Crippen molar-refractivity contribution in [2.75, 3.05) is 9.80 Å². The van der Waals surface area contributed by atoms with E-state index < -0.39 is 0 Å². The van der Waals surface area contributed by atoms with Crippen LogP contribution in [0.2, 0.25) is 0 Å². The zero-order chi connectivity index (χ0) is 50.8. The molecule has 0 spiro atoms. The van der Waals surface area contributed by atoms with Gasteiger partial charge in [-0.05, 0) is 199 Å². The van der Waals surface area contributed by atoms with E-state index in [9.17, 15) is 0 Å². The molecule has 8 aromatic carbocycles. The summed E-state index contributed by atoms with van der Waals surface area (Å²) < 4.78 is 0. The van der Waals surface area contributed by atoms with Crippen LogP contribution >= 0.6 is 0 Å². The number of benzene rings is 8. The first-order valence-corrected chi connectivity index (χ1v) is 26.4. The van der Waals surface area contributed by atoms with E-state index >= 15 is 0 Å². The van der Waals surface area contributed by atoms with Crippen LogP contribution in [0.4, 0.5) is 34.1 Å². The van der Waals surface area contributed by atoms with Crippen LogP contribution in [0, 0.1) is 13.8 Å². The molecule has 2 heteroatoms. The van der Waals surface area contributed by atoms with Crippen molar-refractivity contribution in [3.8, 4) is 0 Å². The molecule has 70 heavy (non-hydrogen) atoms. The summed E-state index contributed by atoms with van der Waals surface area (Å²) in [5.41, 5.74) is 21.0. The molecule has 0 aliphatic carbocycles. The largest absolute Gasteiger partial charge is 0.310 e. The third-order valence-corrected chi connectivity index (χ3v) is 15.4. The van der Waals surface area contributed by atoms with Crippen LogP contribution in [-0.2, 0) is 47.3 Å². The fourth-order valence-electron chi connectivity index (χ4n) is 11.1. The van der Waals surface area contributed by atoms with Crippen molar-refractivity contribution in [2.24, 2.45) is 0 Å². The Bertz CT molecular complexity index is 3180. The van der Waals surface area contributed by atoms with E-state index in [-0.39, 0.29) is 21.7 Å². The lowest BCUT2D eigenvalue weighted by atomic mass is 9.75. The molecule has 0 saturated heterocycles. The molecule has 0 unspecified atom stereocenters. The van der Waals surface area contributed by atoms with Gasteiger partial charge in [0.1, 0.15) is 0 Å². The van der Waals surface area contributed by atoms with Gasteiger partial charge in [0, 0.05) is 33.5 Å². The molecule has 2 nitrogen and oxygen atoms in total. The molecule has 0 radical (unpaired) electrons. The first-order chi connectivity index (χ1) is 32.9. The first-order valence-electron chi connectivity index (χ1n) is 26.4. The maximum Gasteiger partial charge on any atom is 0.0546 e. The van der Waals surface area contributed by atoms with Crippen molar-refractivity contribution in [3.63, 3.8) is 0 Å². The minimum atomic E-state index is -0.0576. The average Bonchev–Trinajstić information content (AvgIpc) is 3.31. The monoisotopic (exact) mass is 927 g/mol. The van der Waals surface area contributed by atoms with Gasteiger partial charge in [-0.1, -0.05) is 171 Å². The van der Waals surface area contributed by atoms with Crippen LogP contribution in [0.15, 0.2) is 121 Å². The van der Waals surface area contributed by atoms with Crippen LogP contribution < -0.4 is 9.80 Å². The van der Waals surface area contributed by atoms with Crippen molar-refractivity contribution >= 4 is 66.4 Å². The van der Waals surface area contributed by atoms with Gasteiger partial charge in [0.2, 0.25) is 0 Å². The molecule has 0 fully saturated rings. The second-order valence-electron chi connectivity index (χ2n) is 24.3. The molecule has 8 aromatic rings. The van der Waals surface area contributed by atoms with Gasteiger partial charge in [0.15, 0.2) is 0 Å². The van der Waals surface area contributed by atoms with Crippen LogP contribution in [0.3, 0.4) is 0 Å². The average molecular weight is 927 g/mol. The molecule has 0 amide bonds. The maximum atomic E-state index is 2.61. The molecule has 0 N–H and O–H groups in total. The molecule has 8 rings (SSSR count). The number of fused-ring (bicyclic) bond motifs is 5. The Morgan fingerprint density at radius 1 is 0.314 bits per heavy atom. The second-order valence-corrected chi connectivity index (χ2v) is 24.3. The van der Waals surface area contributed by atoms with E-state index in [0.29, 0.717) is 0 Å². The van der Waals surface area contributed by atoms with Gasteiger partial charge in [-0.2, -0.15) is 0 Å². The van der Waals surface area contributed by atoms with E-state index in [2.05, 4.69) is 256 Å². The summed E-state index contributed by atoms with van der Waals surface area (Å²) in [7, 11) is 0. The minimum Gasteiger partial charge on any atom is -0.310 e. The van der Waals surface area contributed by atoms with Gasteiger partial charge < -0.3 is 9.80 Å². The molecular weight excluding hydrogens is 845 g/mol. The molecule has 0 heterocycles. The van der Waals surface area contributed by atoms with Crippen molar-refractivity contribution in [1.29, 1.82) is 0 Å². The highest BCUT2D eigenvalue weighted by molar-refractivity contribution is 6.24. The van der Waals surface area contributed by atoms with Crippen LogP contribution in [0.5, 0.6) is 0 Å². The third kappa shape index (κ3) is 9.41. The zero-order valence-electron chi connectivity index (χ0n) is 46.3. The number of rotatable bonds is 10. The normalized spacial score (nSPS) is 12.7. The second kappa shape index (κ2) is 18.7. The van der Waals surface area contributed by atoms with E-state index in [4.69, 9.17) is 0 Å². The molecule has 0 aliphatic heterocycles. The topological polar surface area (TPSA) is 6.48 Å². The highest BCUT2D eigenvalue weighted by Gasteiger charge is 2.30. The molecule has 0 saturated carbocycles. The Labute approximate surface area is 423 Å². The van der Waals surface area contributed by atoms with Gasteiger partial charge in [-0.15, -0.1) is 0 Å². The Morgan fingerprint density at radius 3 is 1.00 bits per heavy atom. The van der Waals surface area contributed by atoms with E-state index in [1.165, 1.54) is 122 Å². The Balaban J connectivity index is 1.53. The third-order valence-electron chi connectivity index (χ3n) is 15.4. The molecule has 0 aliphatic rings. The van der Waals surface area contributed by atoms with E-state index in [1.807, 2.05) is 0 Å². The van der Waals surface area contributed by atoms with E-state index in [1.54, 1.807) is 0 Å². The molecule has 0 aromatic heterocycles. The Kier molecular flexibility index (Phi) is 13.5. The van der Waals surface area contributed by atoms with Crippen molar-refractivity contribution in [1.82, 2.24) is 0 Å². The Hall–Kier alpha value is -5.86. The highest BCUT2D eigenvalue weighted by Crippen LogP contribution is 2.50. The van der Waals surface area contributed by atoms with Crippen LogP contribution in [0.1, 0.15) is 166 Å². The van der Waals surface area contributed by atoms with Crippen molar-refractivity contribution < 1.29 is 0 Å². The first kappa shape index (κ1) is 50.5. The minimum absolute atomic E-state index is 0.00207. The Morgan fingerprint density at radius 2 is 0.657 bits per heavy atom. The number of hydrogen-bond acceptors (Lipinski definition) is 2. The molecule has 364 valence electrons. The summed E-state index contributed by atoms with van der Waals surface area (Å²) in [4.78, 5) is 5.20. The number of hydrogen-bond donors (Lipinski definition) is 0. The lowest BCUT2D eigenvalue weighted by Crippen LogP contribution is -2.23. The molecule has 0 bridgehead atoms.